The van der Waals surface area contributed by atoms with Gasteiger partial charge in [-0.1, -0.05) is 52.0 Å². The van der Waals surface area contributed by atoms with Crippen LogP contribution in [0, 0.1) is 5.92 Å². The molecule has 1 amide bonds. The molecule has 1 heterocycles. The van der Waals surface area contributed by atoms with Crippen LogP contribution < -0.4 is 11.1 Å². The lowest BCUT2D eigenvalue weighted by Gasteiger charge is -2.18. The van der Waals surface area contributed by atoms with E-state index in [-0.39, 0.29) is 29.7 Å². The Morgan fingerprint density at radius 2 is 1.95 bits per heavy atom. The third-order valence-corrected chi connectivity index (χ3v) is 3.55. The van der Waals surface area contributed by atoms with Gasteiger partial charge in [-0.05, 0) is 11.0 Å². The number of nitrogens with two attached hydrogens (primary N) is 1. The third-order valence-electron chi connectivity index (χ3n) is 3.55. The highest BCUT2D eigenvalue weighted by atomic mass is 16.2. The predicted octanol–water partition coefficient (Wildman–Crippen LogP) is 2.30. The summed E-state index contributed by atoms with van der Waals surface area (Å²) in [4.78, 5) is 16.0. The largest absolute Gasteiger partial charge is 0.330 e. The number of aromatic nitrogens is 3. The highest BCUT2D eigenvalue weighted by Crippen LogP contribution is 2.25. The van der Waals surface area contributed by atoms with Crippen LogP contribution in [0.3, 0.4) is 0 Å². The first kappa shape index (κ1) is 16.2. The molecule has 0 radical (unpaired) electrons. The molecule has 0 saturated carbocycles. The lowest BCUT2D eigenvalue weighted by atomic mass is 9.87. The van der Waals surface area contributed by atoms with Gasteiger partial charge in [0.25, 0.3) is 0 Å². The van der Waals surface area contributed by atoms with Crippen molar-refractivity contribution >= 4 is 11.9 Å². The van der Waals surface area contributed by atoms with Gasteiger partial charge in [-0.15, -0.1) is 5.10 Å². The minimum atomic E-state index is -0.270. The van der Waals surface area contributed by atoms with Crippen molar-refractivity contribution in [1.29, 1.82) is 0 Å². The summed E-state index contributed by atoms with van der Waals surface area (Å²) in [5.74, 6) is 0.431. The summed E-state index contributed by atoms with van der Waals surface area (Å²) in [7, 11) is 0. The fraction of sp³-hybridized carbons (Fsp3) is 0.438. The summed E-state index contributed by atoms with van der Waals surface area (Å²) in [5, 5.41) is 9.49. The van der Waals surface area contributed by atoms with Crippen LogP contribution in [0.15, 0.2) is 24.3 Å². The molecule has 1 aromatic heterocycles. The molecule has 0 bridgehead atoms. The van der Waals surface area contributed by atoms with Gasteiger partial charge < -0.3 is 5.73 Å². The molecule has 0 spiro atoms. The van der Waals surface area contributed by atoms with Gasteiger partial charge in [-0.3, -0.25) is 15.2 Å². The van der Waals surface area contributed by atoms with E-state index >= 15 is 0 Å². The number of anilines is 1. The number of H-pyrrole nitrogens is 1. The number of nitrogens with one attached hydrogen (secondary N) is 2. The topological polar surface area (TPSA) is 96.7 Å². The second-order valence-electron chi connectivity index (χ2n) is 6.46. The minimum Gasteiger partial charge on any atom is -0.330 e. The number of hydrogen-bond acceptors (Lipinski definition) is 4. The number of hydrogen-bond donors (Lipinski definition) is 3. The van der Waals surface area contributed by atoms with Crippen LogP contribution >= 0.6 is 0 Å². The van der Waals surface area contributed by atoms with E-state index in [1.54, 1.807) is 6.92 Å². The van der Waals surface area contributed by atoms with Gasteiger partial charge in [0.15, 0.2) is 5.82 Å². The van der Waals surface area contributed by atoms with Crippen LogP contribution in [0.25, 0.3) is 11.4 Å². The molecule has 0 aliphatic heterocycles. The zero-order valence-electron chi connectivity index (χ0n) is 13.5. The van der Waals surface area contributed by atoms with Gasteiger partial charge in [-0.2, -0.15) is 4.98 Å². The third kappa shape index (κ3) is 3.71. The number of rotatable bonds is 4. The molecule has 2 aromatic rings. The second kappa shape index (κ2) is 6.27. The van der Waals surface area contributed by atoms with Crippen molar-refractivity contribution in [1.82, 2.24) is 15.2 Å². The zero-order valence-corrected chi connectivity index (χ0v) is 13.5. The number of carbonyl (C=O) groups excluding carboxylic acids is 1. The molecule has 0 saturated heterocycles. The molecule has 1 aromatic carbocycles. The summed E-state index contributed by atoms with van der Waals surface area (Å²) >= 11 is 0. The quantitative estimate of drug-likeness (QED) is 0.807. The van der Waals surface area contributed by atoms with Crippen LogP contribution in [0.5, 0.6) is 0 Å². The van der Waals surface area contributed by atoms with Gasteiger partial charge in [0.05, 0.1) is 0 Å². The minimum absolute atomic E-state index is 0.109. The van der Waals surface area contributed by atoms with E-state index in [1.807, 2.05) is 12.1 Å². The maximum atomic E-state index is 11.8. The Morgan fingerprint density at radius 3 is 2.50 bits per heavy atom. The highest BCUT2D eigenvalue weighted by Gasteiger charge is 2.15. The lowest BCUT2D eigenvalue weighted by molar-refractivity contribution is -0.119. The van der Waals surface area contributed by atoms with Gasteiger partial charge in [0.2, 0.25) is 11.9 Å². The summed E-state index contributed by atoms with van der Waals surface area (Å²) in [6.45, 7) is 8.56. The summed E-state index contributed by atoms with van der Waals surface area (Å²) in [6, 6.07) is 8.14. The van der Waals surface area contributed by atoms with Crippen molar-refractivity contribution in [2.75, 3.05) is 11.9 Å². The molecular formula is C16H23N5O. The van der Waals surface area contributed by atoms with Crippen LogP contribution in [-0.2, 0) is 10.2 Å². The Hall–Kier alpha value is -2.21. The molecule has 6 nitrogen and oxygen atoms in total. The average Bonchev–Trinajstić information content (AvgIpc) is 2.94. The van der Waals surface area contributed by atoms with E-state index < -0.39 is 0 Å². The molecule has 2 rings (SSSR count). The van der Waals surface area contributed by atoms with E-state index in [2.05, 4.69) is 53.4 Å². The second-order valence-corrected chi connectivity index (χ2v) is 6.46. The van der Waals surface area contributed by atoms with Gasteiger partial charge in [-0.25, -0.2) is 0 Å². The summed E-state index contributed by atoms with van der Waals surface area (Å²) in [6.07, 6.45) is 0. The molecule has 22 heavy (non-hydrogen) atoms. The van der Waals surface area contributed by atoms with Gasteiger partial charge in [0, 0.05) is 18.0 Å². The molecule has 0 aliphatic carbocycles. The molecule has 0 fully saturated rings. The smallest absolute Gasteiger partial charge is 0.249 e. The maximum Gasteiger partial charge on any atom is 0.249 e. The normalized spacial score (nSPS) is 13.0. The standard InChI is InChI=1S/C16H23N5O/c1-10(9-17)14(22)19-15-18-13(20-21-15)11-5-7-12(8-6-11)16(2,3)4/h5-8,10H,9,17H2,1-4H3,(H2,18,19,20,21,22). The van der Waals surface area contributed by atoms with Crippen LogP contribution in [0.4, 0.5) is 5.95 Å². The van der Waals surface area contributed by atoms with Gasteiger partial charge >= 0.3 is 0 Å². The molecule has 118 valence electrons. The number of aromatic amines is 1. The molecular weight excluding hydrogens is 278 g/mol. The fourth-order valence-corrected chi connectivity index (χ4v) is 1.92. The summed E-state index contributed by atoms with van der Waals surface area (Å²) < 4.78 is 0. The maximum absolute atomic E-state index is 11.8. The Bertz CT molecular complexity index is 639. The van der Waals surface area contributed by atoms with Crippen molar-refractivity contribution in [3.05, 3.63) is 29.8 Å². The molecule has 4 N–H and O–H groups in total. The predicted molar refractivity (Wildman–Crippen MR) is 87.4 cm³/mol. The van der Waals surface area contributed by atoms with Crippen molar-refractivity contribution in [3.8, 4) is 11.4 Å². The lowest BCUT2D eigenvalue weighted by Crippen LogP contribution is -2.27. The fourth-order valence-electron chi connectivity index (χ4n) is 1.92. The SMILES string of the molecule is CC(CN)C(=O)Nc1n[nH]c(-c2ccc(C(C)(C)C)cc2)n1. The number of amides is 1. The zero-order chi connectivity index (χ0) is 16.3. The van der Waals surface area contributed by atoms with E-state index in [9.17, 15) is 4.79 Å². The Balaban J connectivity index is 2.13. The Labute approximate surface area is 130 Å². The van der Waals surface area contributed by atoms with Gasteiger partial charge in [0.1, 0.15) is 0 Å². The Kier molecular flexibility index (Phi) is 4.61. The van der Waals surface area contributed by atoms with Crippen LogP contribution in [0.2, 0.25) is 0 Å². The van der Waals surface area contributed by atoms with E-state index in [0.29, 0.717) is 5.82 Å². The number of carbonyl (C=O) groups is 1. The summed E-state index contributed by atoms with van der Waals surface area (Å²) in [5.41, 5.74) is 7.75. The average molecular weight is 301 g/mol. The number of benzene rings is 1. The van der Waals surface area contributed by atoms with Crippen molar-refractivity contribution < 1.29 is 4.79 Å². The van der Waals surface area contributed by atoms with Crippen molar-refractivity contribution in [2.24, 2.45) is 11.7 Å². The van der Waals surface area contributed by atoms with Crippen LogP contribution in [-0.4, -0.2) is 27.6 Å². The van der Waals surface area contributed by atoms with Crippen molar-refractivity contribution in [2.45, 2.75) is 33.1 Å². The highest BCUT2D eigenvalue weighted by molar-refractivity contribution is 5.90. The molecule has 0 aliphatic rings. The number of nitrogens with zero attached hydrogens (tertiary/aromatic N) is 2. The van der Waals surface area contributed by atoms with E-state index in [0.717, 1.165) is 5.56 Å². The first-order chi connectivity index (χ1) is 10.3. The molecule has 6 heteroatoms. The Morgan fingerprint density at radius 1 is 1.32 bits per heavy atom. The monoisotopic (exact) mass is 301 g/mol. The van der Waals surface area contributed by atoms with Crippen molar-refractivity contribution in [3.63, 3.8) is 0 Å². The first-order valence-corrected chi connectivity index (χ1v) is 7.35. The van der Waals surface area contributed by atoms with Crippen LogP contribution in [0.1, 0.15) is 33.3 Å². The van der Waals surface area contributed by atoms with E-state index in [4.69, 9.17) is 5.73 Å². The van der Waals surface area contributed by atoms with E-state index in [1.165, 1.54) is 5.56 Å². The molecule has 1 atom stereocenters. The first-order valence-electron chi connectivity index (χ1n) is 7.35. The molecule has 1 unspecified atom stereocenters.